The number of thioether (sulfide) groups is 1. The van der Waals surface area contributed by atoms with E-state index >= 15 is 0 Å². The Kier molecular flexibility index (Phi) is 4.93. The minimum Gasteiger partial charge on any atom is -0.325 e. The maximum atomic E-state index is 12.7. The molecule has 1 atom stereocenters. The van der Waals surface area contributed by atoms with Crippen LogP contribution in [0.4, 0.5) is 5.69 Å². The standard InChI is InChI=1S/C21H22N4O2S/c1-12(2)17-10-20(27)25-14(11-28-21(25)24-17)9-19(26)23-18-8-13(3)22-16-7-5-4-6-15(16)18/h4-8,10,12,14H,9,11H2,1-3H3,(H,22,23,26). The molecule has 0 bridgehead atoms. The second kappa shape index (κ2) is 7.39. The van der Waals surface area contributed by atoms with E-state index < -0.39 is 0 Å². The molecule has 1 aromatic carbocycles. The van der Waals surface area contributed by atoms with Crippen LogP contribution in [0.1, 0.15) is 43.6 Å². The van der Waals surface area contributed by atoms with Crippen LogP contribution in [0.2, 0.25) is 0 Å². The molecule has 6 nitrogen and oxygen atoms in total. The summed E-state index contributed by atoms with van der Waals surface area (Å²) in [5.74, 6) is 0.756. The predicted octanol–water partition coefficient (Wildman–Crippen LogP) is 3.90. The molecule has 1 unspecified atom stereocenters. The molecule has 0 aliphatic carbocycles. The van der Waals surface area contributed by atoms with Crippen LogP contribution < -0.4 is 10.9 Å². The molecule has 3 heterocycles. The summed E-state index contributed by atoms with van der Waals surface area (Å²) in [6, 6.07) is 11.0. The van der Waals surface area contributed by atoms with E-state index in [9.17, 15) is 9.59 Å². The fraction of sp³-hybridized carbons (Fsp3) is 0.333. The van der Waals surface area contributed by atoms with Gasteiger partial charge in [-0.05, 0) is 25.0 Å². The predicted molar refractivity (Wildman–Crippen MR) is 112 cm³/mol. The van der Waals surface area contributed by atoms with Gasteiger partial charge in [0.15, 0.2) is 5.16 Å². The van der Waals surface area contributed by atoms with E-state index in [-0.39, 0.29) is 29.8 Å². The Morgan fingerprint density at radius 1 is 1.29 bits per heavy atom. The minimum absolute atomic E-state index is 0.0818. The number of aryl methyl sites for hydroxylation is 1. The van der Waals surface area contributed by atoms with Crippen LogP contribution >= 0.6 is 11.8 Å². The lowest BCUT2D eigenvalue weighted by Crippen LogP contribution is -2.28. The molecular weight excluding hydrogens is 372 g/mol. The van der Waals surface area contributed by atoms with Crippen molar-refractivity contribution in [3.8, 4) is 0 Å². The molecule has 1 amide bonds. The molecule has 0 saturated heterocycles. The Hall–Kier alpha value is -2.67. The molecule has 0 fully saturated rings. The van der Waals surface area contributed by atoms with Crippen molar-refractivity contribution >= 4 is 34.3 Å². The second-order valence-electron chi connectivity index (χ2n) is 7.37. The highest BCUT2D eigenvalue weighted by Crippen LogP contribution is 2.33. The smallest absolute Gasteiger partial charge is 0.254 e. The molecule has 0 spiro atoms. The summed E-state index contributed by atoms with van der Waals surface area (Å²) >= 11 is 1.54. The first-order valence-electron chi connectivity index (χ1n) is 9.35. The third kappa shape index (κ3) is 3.54. The highest BCUT2D eigenvalue weighted by molar-refractivity contribution is 7.99. The molecule has 144 valence electrons. The normalized spacial score (nSPS) is 15.8. The fourth-order valence-corrected chi connectivity index (χ4v) is 4.60. The summed E-state index contributed by atoms with van der Waals surface area (Å²) in [5, 5.41) is 4.62. The first-order valence-corrected chi connectivity index (χ1v) is 10.3. The number of aromatic nitrogens is 3. The third-order valence-electron chi connectivity index (χ3n) is 4.84. The Morgan fingerprint density at radius 2 is 2.07 bits per heavy atom. The van der Waals surface area contributed by atoms with Crippen LogP contribution in [0.3, 0.4) is 0 Å². The number of benzene rings is 1. The number of nitrogens with zero attached hydrogens (tertiary/aromatic N) is 3. The van der Waals surface area contributed by atoms with Crippen molar-refractivity contribution in [2.75, 3.05) is 11.1 Å². The summed E-state index contributed by atoms with van der Waals surface area (Å²) in [6.45, 7) is 5.94. The fourth-order valence-electron chi connectivity index (χ4n) is 3.44. The van der Waals surface area contributed by atoms with E-state index in [2.05, 4.69) is 15.3 Å². The Labute approximate surface area is 167 Å². The Bertz CT molecular complexity index is 1120. The van der Waals surface area contributed by atoms with Gasteiger partial charge in [0, 0.05) is 29.3 Å². The number of pyridine rings is 1. The number of amides is 1. The number of nitrogens with one attached hydrogen (secondary N) is 1. The van der Waals surface area contributed by atoms with Crippen LogP contribution in [0.25, 0.3) is 10.9 Å². The van der Waals surface area contributed by atoms with E-state index in [4.69, 9.17) is 0 Å². The molecule has 0 radical (unpaired) electrons. The second-order valence-corrected chi connectivity index (χ2v) is 8.36. The molecule has 2 aromatic heterocycles. The van der Waals surface area contributed by atoms with Gasteiger partial charge in [0.25, 0.3) is 5.56 Å². The molecule has 3 aromatic rings. The lowest BCUT2D eigenvalue weighted by atomic mass is 10.1. The number of anilines is 1. The number of fused-ring (bicyclic) bond motifs is 2. The van der Waals surface area contributed by atoms with Gasteiger partial charge < -0.3 is 5.32 Å². The largest absolute Gasteiger partial charge is 0.325 e. The van der Waals surface area contributed by atoms with Crippen LogP contribution in [-0.4, -0.2) is 26.2 Å². The molecule has 0 saturated carbocycles. The van der Waals surface area contributed by atoms with Gasteiger partial charge in [0.1, 0.15) is 0 Å². The van der Waals surface area contributed by atoms with Gasteiger partial charge in [0.2, 0.25) is 5.91 Å². The average molecular weight is 395 g/mol. The maximum absolute atomic E-state index is 12.7. The van der Waals surface area contributed by atoms with Crippen LogP contribution in [0.5, 0.6) is 0 Å². The average Bonchev–Trinajstić information content (AvgIpc) is 3.04. The van der Waals surface area contributed by atoms with E-state index in [1.165, 1.54) is 11.8 Å². The molecular formula is C21H22N4O2S. The van der Waals surface area contributed by atoms with Gasteiger partial charge in [0.05, 0.1) is 22.9 Å². The van der Waals surface area contributed by atoms with Crippen molar-refractivity contribution in [2.45, 2.75) is 44.3 Å². The molecule has 1 aliphatic rings. The number of para-hydroxylation sites is 1. The summed E-state index contributed by atoms with van der Waals surface area (Å²) in [5.41, 5.74) is 3.16. The molecule has 28 heavy (non-hydrogen) atoms. The first kappa shape index (κ1) is 18.7. The Morgan fingerprint density at radius 3 is 2.86 bits per heavy atom. The Balaban J connectivity index is 1.56. The van der Waals surface area contributed by atoms with Crippen LogP contribution in [0.15, 0.2) is 46.3 Å². The van der Waals surface area contributed by atoms with Gasteiger partial charge in [-0.2, -0.15) is 0 Å². The van der Waals surface area contributed by atoms with Gasteiger partial charge in [-0.25, -0.2) is 4.98 Å². The topological polar surface area (TPSA) is 76.9 Å². The van der Waals surface area contributed by atoms with Gasteiger partial charge in [-0.3, -0.25) is 19.1 Å². The zero-order valence-corrected chi connectivity index (χ0v) is 16.9. The van der Waals surface area contributed by atoms with Crippen molar-refractivity contribution in [3.05, 3.63) is 58.1 Å². The van der Waals surface area contributed by atoms with Gasteiger partial charge in [-0.15, -0.1) is 0 Å². The quantitative estimate of drug-likeness (QED) is 0.679. The highest BCUT2D eigenvalue weighted by atomic mass is 32.2. The van der Waals surface area contributed by atoms with E-state index in [0.717, 1.165) is 28.0 Å². The van der Waals surface area contributed by atoms with Gasteiger partial charge in [-0.1, -0.05) is 43.8 Å². The highest BCUT2D eigenvalue weighted by Gasteiger charge is 2.28. The summed E-state index contributed by atoms with van der Waals surface area (Å²) in [7, 11) is 0. The first-order chi connectivity index (χ1) is 13.4. The van der Waals surface area contributed by atoms with Crippen molar-refractivity contribution in [3.63, 3.8) is 0 Å². The summed E-state index contributed by atoms with van der Waals surface area (Å²) < 4.78 is 1.66. The monoisotopic (exact) mass is 394 g/mol. The molecule has 1 aliphatic heterocycles. The van der Waals surface area contributed by atoms with Crippen molar-refractivity contribution < 1.29 is 4.79 Å². The van der Waals surface area contributed by atoms with Gasteiger partial charge >= 0.3 is 0 Å². The molecule has 1 N–H and O–H groups in total. The van der Waals surface area contributed by atoms with Crippen LogP contribution in [0, 0.1) is 6.92 Å². The molecule has 4 rings (SSSR count). The van der Waals surface area contributed by atoms with Crippen molar-refractivity contribution in [1.29, 1.82) is 0 Å². The van der Waals surface area contributed by atoms with E-state index in [0.29, 0.717) is 10.9 Å². The number of rotatable bonds is 4. The third-order valence-corrected chi connectivity index (χ3v) is 5.94. The van der Waals surface area contributed by atoms with Crippen molar-refractivity contribution in [2.24, 2.45) is 0 Å². The van der Waals surface area contributed by atoms with Crippen molar-refractivity contribution in [1.82, 2.24) is 14.5 Å². The minimum atomic E-state index is -0.185. The number of hydrogen-bond donors (Lipinski definition) is 1. The zero-order valence-electron chi connectivity index (χ0n) is 16.1. The lowest BCUT2D eigenvalue weighted by Gasteiger charge is -2.15. The van der Waals surface area contributed by atoms with E-state index in [1.54, 1.807) is 10.6 Å². The van der Waals surface area contributed by atoms with E-state index in [1.807, 2.05) is 51.1 Å². The van der Waals surface area contributed by atoms with Crippen LogP contribution in [-0.2, 0) is 4.79 Å². The SMILES string of the molecule is Cc1cc(NC(=O)CC2CSc3nc(C(C)C)cc(=O)n32)c2ccccc2n1. The molecule has 7 heteroatoms. The number of carbonyl (C=O) groups is 1. The summed E-state index contributed by atoms with van der Waals surface area (Å²) in [4.78, 5) is 34.4. The maximum Gasteiger partial charge on any atom is 0.254 e. The number of hydrogen-bond acceptors (Lipinski definition) is 5. The summed E-state index contributed by atoms with van der Waals surface area (Å²) in [6.07, 6.45) is 0.234. The zero-order chi connectivity index (χ0) is 19.8. The number of carbonyl (C=O) groups excluding carboxylic acids is 1. The lowest BCUT2D eigenvalue weighted by molar-refractivity contribution is -0.116.